The van der Waals surface area contributed by atoms with Gasteiger partial charge in [0, 0.05) is 17.3 Å². The Balaban J connectivity index is 1.85. The molecule has 3 aromatic rings. The van der Waals surface area contributed by atoms with Crippen molar-refractivity contribution < 1.29 is 28.6 Å². The van der Waals surface area contributed by atoms with Crippen molar-refractivity contribution in [2.45, 2.75) is 102 Å². The Bertz CT molecular complexity index is 1400. The highest BCUT2D eigenvalue weighted by Gasteiger charge is 2.63. The number of aromatic nitrogens is 3. The molecule has 1 unspecified atom stereocenters. The lowest BCUT2D eigenvalue weighted by Gasteiger charge is -2.50. The first kappa shape index (κ1) is 32.5. The fourth-order valence-corrected chi connectivity index (χ4v) is 7.42. The van der Waals surface area contributed by atoms with E-state index >= 15 is 0 Å². The third kappa shape index (κ3) is 6.25. The van der Waals surface area contributed by atoms with Gasteiger partial charge in [-0.2, -0.15) is 0 Å². The van der Waals surface area contributed by atoms with Crippen molar-refractivity contribution in [2.75, 3.05) is 11.9 Å². The zero-order chi connectivity index (χ0) is 31.4. The molecule has 10 nitrogen and oxygen atoms in total. The highest BCUT2D eigenvalue weighted by atomic mass is 28.4. The predicted molar refractivity (Wildman–Crippen MR) is 167 cm³/mol. The van der Waals surface area contributed by atoms with Crippen LogP contribution in [0.2, 0.25) is 36.3 Å². The number of benzene rings is 1. The number of hydrogen-bond acceptors (Lipinski definition) is 8. The van der Waals surface area contributed by atoms with Gasteiger partial charge in [-0.15, -0.1) is 0 Å². The maximum absolute atomic E-state index is 12.9. The van der Waals surface area contributed by atoms with Crippen LogP contribution in [0.5, 0.6) is 0 Å². The number of rotatable bonds is 8. The number of nitrogens with one attached hydrogen (secondary N) is 1. The van der Waals surface area contributed by atoms with Gasteiger partial charge in [0.25, 0.3) is 5.91 Å². The molecule has 1 amide bonds. The average molecular weight is 615 g/mol. The van der Waals surface area contributed by atoms with E-state index in [0.717, 1.165) is 0 Å². The first-order chi connectivity index (χ1) is 19.2. The van der Waals surface area contributed by atoms with Gasteiger partial charge in [-0.3, -0.25) is 14.5 Å². The summed E-state index contributed by atoms with van der Waals surface area (Å²) in [6.45, 7) is 20.8. The van der Waals surface area contributed by atoms with E-state index in [9.17, 15) is 15.0 Å². The van der Waals surface area contributed by atoms with Crippen molar-refractivity contribution in [1.29, 1.82) is 0 Å². The van der Waals surface area contributed by atoms with Crippen LogP contribution >= 0.6 is 0 Å². The van der Waals surface area contributed by atoms with E-state index in [1.165, 1.54) is 6.33 Å². The zero-order valence-corrected chi connectivity index (χ0v) is 28.5. The van der Waals surface area contributed by atoms with Gasteiger partial charge < -0.3 is 23.8 Å². The smallest absolute Gasteiger partial charge is 0.257 e. The van der Waals surface area contributed by atoms with Gasteiger partial charge in [-0.25, -0.2) is 9.97 Å². The number of nitrogens with zero attached hydrogens (tertiary/aromatic N) is 3. The summed E-state index contributed by atoms with van der Waals surface area (Å²) in [5.74, 6) is -3.32. The lowest BCUT2D eigenvalue weighted by Crippen LogP contribution is -2.58. The molecule has 2 atom stereocenters. The summed E-state index contributed by atoms with van der Waals surface area (Å²) < 4.78 is 22.2. The number of carbonyl (C=O) groups excluding carboxylic acids is 1. The summed E-state index contributed by atoms with van der Waals surface area (Å²) in [7, 11) is -5.06. The van der Waals surface area contributed by atoms with Crippen molar-refractivity contribution in [3.05, 3.63) is 60.0 Å². The number of ether oxygens (including phenoxy) is 1. The highest BCUT2D eigenvalue weighted by molar-refractivity contribution is 6.75. The molecule has 230 valence electrons. The van der Waals surface area contributed by atoms with Crippen molar-refractivity contribution in [3.63, 3.8) is 0 Å². The third-order valence-electron chi connectivity index (χ3n) is 8.96. The molecule has 0 spiro atoms. The van der Waals surface area contributed by atoms with Gasteiger partial charge in [0.15, 0.2) is 28.2 Å². The SMILES string of the molecule is CC(C)(C)[Si](C)(C)OC1(O[Si](C)(C)C(C)(C)C)CC(O)(CO)O[C@H]1c1cc2ncnc(NC(=O)c3ccccc3)n2c1. The molecule has 1 aliphatic rings. The fraction of sp³-hybridized carbons (Fsp3) is 0.567. The van der Waals surface area contributed by atoms with Gasteiger partial charge in [0.1, 0.15) is 18.1 Å². The number of anilines is 1. The number of aliphatic hydroxyl groups is 2. The Labute approximate surface area is 250 Å². The van der Waals surface area contributed by atoms with E-state index < -0.39 is 40.9 Å². The monoisotopic (exact) mass is 614 g/mol. The van der Waals surface area contributed by atoms with E-state index in [1.807, 2.05) is 12.1 Å². The van der Waals surface area contributed by atoms with Crippen LogP contribution in [0.3, 0.4) is 0 Å². The predicted octanol–water partition coefficient (Wildman–Crippen LogP) is 5.86. The van der Waals surface area contributed by atoms with E-state index in [0.29, 0.717) is 16.8 Å². The van der Waals surface area contributed by atoms with E-state index in [-0.39, 0.29) is 28.4 Å². The van der Waals surface area contributed by atoms with Crippen LogP contribution in [0.25, 0.3) is 5.65 Å². The van der Waals surface area contributed by atoms with Crippen molar-refractivity contribution in [2.24, 2.45) is 0 Å². The molecule has 12 heteroatoms. The highest BCUT2D eigenvalue weighted by Crippen LogP contribution is 2.55. The van der Waals surface area contributed by atoms with Crippen molar-refractivity contribution in [3.8, 4) is 0 Å². The Morgan fingerprint density at radius 2 is 1.62 bits per heavy atom. The second-order valence-corrected chi connectivity index (χ2v) is 23.8. The van der Waals surface area contributed by atoms with Crippen LogP contribution in [0.4, 0.5) is 5.95 Å². The van der Waals surface area contributed by atoms with E-state index in [2.05, 4.69) is 83.0 Å². The number of carbonyl (C=O) groups is 1. The molecule has 0 bridgehead atoms. The summed E-state index contributed by atoms with van der Waals surface area (Å²) in [6, 6.07) is 10.7. The van der Waals surface area contributed by atoms with E-state index in [4.69, 9.17) is 13.6 Å². The Morgan fingerprint density at radius 3 is 2.14 bits per heavy atom. The number of fused-ring (bicyclic) bond motifs is 1. The average Bonchev–Trinajstić information content (AvgIpc) is 3.42. The molecular formula is C30H46N4O6Si2. The molecule has 1 fully saturated rings. The molecule has 1 aliphatic heterocycles. The minimum Gasteiger partial charge on any atom is -0.391 e. The molecule has 1 saturated heterocycles. The van der Waals surface area contributed by atoms with E-state index in [1.54, 1.807) is 34.9 Å². The molecule has 0 aliphatic carbocycles. The van der Waals surface area contributed by atoms with Gasteiger partial charge in [0.2, 0.25) is 5.95 Å². The Morgan fingerprint density at radius 1 is 1.05 bits per heavy atom. The first-order valence-corrected chi connectivity index (χ1v) is 20.2. The summed E-state index contributed by atoms with van der Waals surface area (Å²) in [5.41, 5.74) is 1.63. The number of aliphatic hydroxyl groups excluding tert-OH is 1. The van der Waals surface area contributed by atoms with Crippen molar-refractivity contribution in [1.82, 2.24) is 14.4 Å². The molecule has 0 saturated carbocycles. The zero-order valence-electron chi connectivity index (χ0n) is 26.5. The topological polar surface area (TPSA) is 127 Å². The number of hydrogen-bond donors (Lipinski definition) is 3. The Hall–Kier alpha value is -2.46. The molecule has 3 heterocycles. The van der Waals surface area contributed by atoms with Crippen LogP contribution in [0.15, 0.2) is 48.9 Å². The van der Waals surface area contributed by atoms with Gasteiger partial charge in [-0.05, 0) is 54.5 Å². The third-order valence-corrected chi connectivity index (χ3v) is 17.9. The number of amides is 1. The normalized spacial score (nSPS) is 21.6. The standard InChI is InChI=1S/C30H46N4O6Si2/c1-27(2,3)41(7,8)39-30(40-42(9,10)28(4,5)6)18-29(37,19-35)38-24(30)22-16-23-31-20-32-26(34(23)17-22)33-25(36)21-14-12-11-13-15-21/h11-17,20,24,35,37H,18-19H2,1-10H3,(H,31,32,33,36)/t24-,29?/m0/s1. The van der Waals surface area contributed by atoms with Crippen LogP contribution in [-0.4, -0.2) is 65.3 Å². The minimum absolute atomic E-state index is 0.0738. The van der Waals surface area contributed by atoms with Crippen LogP contribution < -0.4 is 5.32 Å². The maximum atomic E-state index is 12.9. The first-order valence-electron chi connectivity index (χ1n) is 14.3. The maximum Gasteiger partial charge on any atom is 0.257 e. The molecule has 3 N–H and O–H groups in total. The molecule has 4 rings (SSSR count). The molecule has 1 aromatic carbocycles. The Kier molecular flexibility index (Phi) is 8.44. The second kappa shape index (κ2) is 10.9. The lowest BCUT2D eigenvalue weighted by molar-refractivity contribution is -0.220. The van der Waals surface area contributed by atoms with Gasteiger partial charge in [0.05, 0.1) is 13.0 Å². The molecular weight excluding hydrogens is 569 g/mol. The lowest BCUT2D eigenvalue weighted by atomic mass is 10.0. The summed E-state index contributed by atoms with van der Waals surface area (Å²) in [6.07, 6.45) is 2.17. The van der Waals surface area contributed by atoms with Gasteiger partial charge in [-0.1, -0.05) is 59.7 Å². The van der Waals surface area contributed by atoms with Crippen LogP contribution in [0.1, 0.15) is 70.0 Å². The van der Waals surface area contributed by atoms with Crippen molar-refractivity contribution >= 4 is 34.1 Å². The summed E-state index contributed by atoms with van der Waals surface area (Å²) >= 11 is 0. The molecule has 0 radical (unpaired) electrons. The van der Waals surface area contributed by atoms with Crippen LogP contribution in [0, 0.1) is 0 Å². The summed E-state index contributed by atoms with van der Waals surface area (Å²) in [5, 5.41) is 24.3. The van der Waals surface area contributed by atoms with Gasteiger partial charge >= 0.3 is 0 Å². The second-order valence-electron chi connectivity index (χ2n) is 14.3. The minimum atomic E-state index is -2.53. The molecule has 42 heavy (non-hydrogen) atoms. The van der Waals surface area contributed by atoms with Crippen LogP contribution in [-0.2, 0) is 13.6 Å². The summed E-state index contributed by atoms with van der Waals surface area (Å²) in [4.78, 5) is 21.7. The largest absolute Gasteiger partial charge is 0.391 e. The fourth-order valence-electron chi connectivity index (χ4n) is 4.56. The quantitative estimate of drug-likeness (QED) is 0.213. The molecule has 2 aromatic heterocycles.